The van der Waals surface area contributed by atoms with Crippen LogP contribution in [0.4, 0.5) is 5.82 Å². The summed E-state index contributed by atoms with van der Waals surface area (Å²) in [6.07, 6.45) is 10.7. The zero-order chi connectivity index (χ0) is 27.2. The summed E-state index contributed by atoms with van der Waals surface area (Å²) in [7, 11) is -1.03. The molecule has 0 spiro atoms. The van der Waals surface area contributed by atoms with Crippen molar-refractivity contribution in [2.24, 2.45) is 0 Å². The van der Waals surface area contributed by atoms with Crippen LogP contribution in [-0.4, -0.2) is 57.0 Å². The summed E-state index contributed by atoms with van der Waals surface area (Å²) in [5, 5.41) is 3.61. The normalized spacial score (nSPS) is 18.2. The molecule has 3 heterocycles. The fourth-order valence-electron chi connectivity index (χ4n) is 5.18. The highest BCUT2D eigenvalue weighted by molar-refractivity contribution is 8.28. The lowest BCUT2D eigenvalue weighted by atomic mass is 9.91. The molecular formula is C31H41N5O2S. The van der Waals surface area contributed by atoms with Gasteiger partial charge in [-0.1, -0.05) is 74.0 Å². The number of imidazole rings is 1. The van der Waals surface area contributed by atoms with Gasteiger partial charge in [0.2, 0.25) is 0 Å². The molecule has 0 saturated carbocycles. The summed E-state index contributed by atoms with van der Waals surface area (Å²) in [5.41, 5.74) is 4.10. The van der Waals surface area contributed by atoms with E-state index in [4.69, 9.17) is 23.9 Å². The Morgan fingerprint density at radius 1 is 1.03 bits per heavy atom. The van der Waals surface area contributed by atoms with E-state index in [1.807, 2.05) is 13.3 Å². The topological polar surface area (TPSA) is 74.1 Å². The molecule has 5 rings (SSSR count). The molecule has 208 valence electrons. The predicted molar refractivity (Wildman–Crippen MR) is 162 cm³/mol. The largest absolute Gasteiger partial charge is 0.367 e. The summed E-state index contributed by atoms with van der Waals surface area (Å²) in [6.45, 7) is 5.51. The number of benzene rings is 2. The van der Waals surface area contributed by atoms with Crippen LogP contribution in [0.1, 0.15) is 61.7 Å². The Morgan fingerprint density at radius 3 is 2.38 bits per heavy atom. The van der Waals surface area contributed by atoms with Gasteiger partial charge in [-0.15, -0.1) is 10.3 Å². The number of aryl methyl sites for hydroxylation is 1. The van der Waals surface area contributed by atoms with Crippen LogP contribution < -0.4 is 5.32 Å². The Labute approximate surface area is 233 Å². The van der Waals surface area contributed by atoms with E-state index in [0.717, 1.165) is 35.6 Å². The van der Waals surface area contributed by atoms with Gasteiger partial charge in [0, 0.05) is 12.5 Å². The number of nitrogens with one attached hydrogen (secondary N) is 1. The van der Waals surface area contributed by atoms with Gasteiger partial charge < -0.3 is 14.2 Å². The maximum absolute atomic E-state index is 6.44. The fourth-order valence-corrected chi connectivity index (χ4v) is 6.80. The fraction of sp³-hybridized carbons (Fsp3) is 0.452. The summed E-state index contributed by atoms with van der Waals surface area (Å²) >= 11 is 0. The first kappa shape index (κ1) is 27.6. The van der Waals surface area contributed by atoms with E-state index >= 15 is 0 Å². The van der Waals surface area contributed by atoms with Crippen LogP contribution in [0.15, 0.2) is 67.0 Å². The number of rotatable bonds is 12. The van der Waals surface area contributed by atoms with Gasteiger partial charge in [-0.2, -0.15) is 0 Å². The Morgan fingerprint density at radius 2 is 1.72 bits per heavy atom. The molecular weight excluding hydrogens is 506 g/mol. The minimum atomic E-state index is -1.03. The summed E-state index contributed by atoms with van der Waals surface area (Å²) in [6, 6.07) is 21.2. The monoisotopic (exact) mass is 547 g/mol. The summed E-state index contributed by atoms with van der Waals surface area (Å²) < 4.78 is 14.8. The maximum Gasteiger partial charge on any atom is 0.167 e. The molecule has 7 nitrogen and oxygen atoms in total. The van der Waals surface area contributed by atoms with Crippen LogP contribution in [0.25, 0.3) is 11.2 Å². The zero-order valence-corrected chi connectivity index (χ0v) is 24.4. The number of hydrogen-bond acceptors (Lipinski definition) is 6. The Bertz CT molecular complexity index is 1310. The van der Waals surface area contributed by atoms with Crippen LogP contribution >= 0.6 is 10.3 Å². The maximum atomic E-state index is 6.44. The number of anilines is 1. The molecule has 39 heavy (non-hydrogen) atoms. The summed E-state index contributed by atoms with van der Waals surface area (Å²) in [4.78, 5) is 14.3. The third-order valence-corrected chi connectivity index (χ3v) is 9.41. The third-order valence-electron chi connectivity index (χ3n) is 7.37. The molecule has 0 amide bonds. The molecule has 4 aromatic rings. The van der Waals surface area contributed by atoms with E-state index in [2.05, 4.69) is 90.0 Å². The van der Waals surface area contributed by atoms with Crippen molar-refractivity contribution in [1.82, 2.24) is 19.5 Å². The van der Waals surface area contributed by atoms with E-state index in [0.29, 0.717) is 19.0 Å². The van der Waals surface area contributed by atoms with Crippen LogP contribution in [0.2, 0.25) is 0 Å². The second kappa shape index (κ2) is 12.5. The van der Waals surface area contributed by atoms with Crippen molar-refractivity contribution in [2.75, 3.05) is 36.7 Å². The molecule has 2 aromatic carbocycles. The van der Waals surface area contributed by atoms with Gasteiger partial charge in [-0.05, 0) is 55.6 Å². The molecule has 0 radical (unpaired) electrons. The minimum absolute atomic E-state index is 0.0962. The SMILES string of the molecule is CCCCS(C)(C)OCC1CCC(n2cnc3c(NCC(c4ccccc4)c4ccccc4)nc(C)nc32)O1. The first-order valence-corrected chi connectivity index (χ1v) is 16.5. The Kier molecular flexibility index (Phi) is 8.85. The van der Waals surface area contributed by atoms with Gasteiger partial charge in [0.15, 0.2) is 17.0 Å². The molecule has 1 aliphatic heterocycles. The first-order valence-electron chi connectivity index (χ1n) is 14.0. The molecule has 1 N–H and O–H groups in total. The van der Waals surface area contributed by atoms with Crippen LogP contribution in [0.3, 0.4) is 0 Å². The number of nitrogens with zero attached hydrogens (tertiary/aromatic N) is 4. The standard InChI is InChI=1S/C31H41N5O2S/c1-5-6-19-39(3,4)37-21-26-17-18-28(38-26)36-22-33-29-30(34-23(2)35-31(29)36)32-20-27(24-13-9-7-10-14-24)25-15-11-8-12-16-25/h7-16,22,26-28H,5-6,17-21H2,1-4H3,(H,32,34,35). The Balaban J connectivity index is 1.31. The smallest absolute Gasteiger partial charge is 0.167 e. The Hall–Kier alpha value is -2.94. The van der Waals surface area contributed by atoms with Crippen LogP contribution in [0, 0.1) is 6.92 Å². The highest BCUT2D eigenvalue weighted by Crippen LogP contribution is 2.43. The van der Waals surface area contributed by atoms with E-state index in [-0.39, 0.29) is 18.2 Å². The zero-order valence-electron chi connectivity index (χ0n) is 23.5. The van der Waals surface area contributed by atoms with E-state index in [9.17, 15) is 0 Å². The number of aromatic nitrogens is 4. The van der Waals surface area contributed by atoms with Crippen LogP contribution in [0.5, 0.6) is 0 Å². The minimum Gasteiger partial charge on any atom is -0.367 e. The van der Waals surface area contributed by atoms with Gasteiger partial charge >= 0.3 is 0 Å². The van der Waals surface area contributed by atoms with Crippen molar-refractivity contribution >= 4 is 27.3 Å². The molecule has 1 aliphatic rings. The molecule has 8 heteroatoms. The van der Waals surface area contributed by atoms with Gasteiger partial charge in [-0.25, -0.2) is 15.0 Å². The van der Waals surface area contributed by atoms with Crippen molar-refractivity contribution in [3.05, 3.63) is 83.9 Å². The predicted octanol–water partition coefficient (Wildman–Crippen LogP) is 6.85. The number of ether oxygens (including phenoxy) is 1. The van der Waals surface area contributed by atoms with Gasteiger partial charge in [0.05, 0.1) is 19.0 Å². The van der Waals surface area contributed by atoms with Crippen LogP contribution in [-0.2, 0) is 8.92 Å². The lowest BCUT2D eigenvalue weighted by molar-refractivity contribution is -0.0137. The number of hydrogen-bond donors (Lipinski definition) is 1. The van der Waals surface area contributed by atoms with E-state index in [1.54, 1.807) is 0 Å². The molecule has 1 fully saturated rings. The average Bonchev–Trinajstić information content (AvgIpc) is 3.59. The van der Waals surface area contributed by atoms with Crippen molar-refractivity contribution in [2.45, 2.75) is 57.8 Å². The van der Waals surface area contributed by atoms with Gasteiger partial charge in [-0.3, -0.25) is 4.57 Å². The summed E-state index contributed by atoms with van der Waals surface area (Å²) in [5.74, 6) is 2.80. The van der Waals surface area contributed by atoms with Gasteiger partial charge in [0.25, 0.3) is 0 Å². The number of fused-ring (bicyclic) bond motifs is 1. The lowest BCUT2D eigenvalue weighted by Gasteiger charge is -2.32. The van der Waals surface area contributed by atoms with Crippen molar-refractivity contribution in [3.8, 4) is 0 Å². The van der Waals surface area contributed by atoms with Gasteiger partial charge in [0.1, 0.15) is 12.1 Å². The van der Waals surface area contributed by atoms with Crippen molar-refractivity contribution in [3.63, 3.8) is 0 Å². The second-order valence-corrected chi connectivity index (χ2v) is 14.3. The highest BCUT2D eigenvalue weighted by atomic mass is 32.3. The van der Waals surface area contributed by atoms with E-state index in [1.165, 1.54) is 24.0 Å². The molecule has 0 aliphatic carbocycles. The van der Waals surface area contributed by atoms with Crippen molar-refractivity contribution in [1.29, 1.82) is 0 Å². The quantitative estimate of drug-likeness (QED) is 0.209. The lowest BCUT2D eigenvalue weighted by Crippen LogP contribution is -2.19. The molecule has 2 unspecified atom stereocenters. The first-order chi connectivity index (χ1) is 18.9. The molecule has 2 aromatic heterocycles. The molecule has 1 saturated heterocycles. The van der Waals surface area contributed by atoms with E-state index < -0.39 is 10.3 Å². The number of unbranched alkanes of at least 4 members (excludes halogenated alkanes) is 1. The molecule has 0 bridgehead atoms. The highest BCUT2D eigenvalue weighted by Gasteiger charge is 2.30. The molecule has 2 atom stereocenters. The second-order valence-electron chi connectivity index (χ2n) is 10.8. The average molecular weight is 548 g/mol. The third kappa shape index (κ3) is 6.80. The van der Waals surface area contributed by atoms with Crippen molar-refractivity contribution < 1.29 is 8.92 Å².